The fourth-order valence-corrected chi connectivity index (χ4v) is 3.08. The van der Waals surface area contributed by atoms with Crippen LogP contribution in [-0.2, 0) is 9.53 Å². The molecule has 0 aliphatic carbocycles. The monoisotopic (exact) mass is 472 g/mol. The Bertz CT molecular complexity index is 843. The second-order valence-electron chi connectivity index (χ2n) is 7.22. The zero-order chi connectivity index (χ0) is 24.3. The van der Waals surface area contributed by atoms with E-state index in [9.17, 15) is 18.0 Å². The zero-order valence-electron chi connectivity index (χ0n) is 19.1. The minimum atomic E-state index is -4.58. The van der Waals surface area contributed by atoms with Gasteiger partial charge in [0, 0.05) is 43.6 Å². The molecule has 1 amide bonds. The number of alkyl halides is 3. The lowest BCUT2D eigenvalue weighted by molar-refractivity contribution is -0.151. The van der Waals surface area contributed by atoms with Gasteiger partial charge in [-0.2, -0.15) is 13.2 Å². The zero-order valence-corrected chi connectivity index (χ0v) is 19.1. The van der Waals surface area contributed by atoms with Gasteiger partial charge in [-0.25, -0.2) is 4.99 Å². The third-order valence-corrected chi connectivity index (χ3v) is 4.69. The summed E-state index contributed by atoms with van der Waals surface area (Å²) in [6.45, 7) is 4.92. The smallest absolute Gasteiger partial charge is 0.429 e. The molecule has 33 heavy (non-hydrogen) atoms. The number of halogens is 3. The predicted molar refractivity (Wildman–Crippen MR) is 119 cm³/mol. The molecule has 0 radical (unpaired) electrons. The van der Waals surface area contributed by atoms with Gasteiger partial charge in [0.2, 0.25) is 12.1 Å². The molecule has 0 bridgehead atoms. The first-order valence-corrected chi connectivity index (χ1v) is 10.7. The van der Waals surface area contributed by atoms with Gasteiger partial charge in [-0.05, 0) is 24.6 Å². The number of nitrogens with zero attached hydrogens (tertiary/aromatic N) is 1. The first-order valence-electron chi connectivity index (χ1n) is 10.7. The normalized spacial score (nSPS) is 15.9. The number of nitrogens with one attached hydrogen (secondary N) is 3. The lowest BCUT2D eigenvalue weighted by Crippen LogP contribution is -2.42. The molecule has 1 atom stereocenters. The first-order chi connectivity index (χ1) is 15.8. The Morgan fingerprint density at radius 2 is 1.88 bits per heavy atom. The van der Waals surface area contributed by atoms with Gasteiger partial charge in [0.25, 0.3) is 0 Å². The third kappa shape index (κ3) is 8.25. The Labute approximate surface area is 191 Å². The number of hydrogen-bond donors (Lipinski definition) is 3. The van der Waals surface area contributed by atoms with Crippen molar-refractivity contribution in [2.45, 2.75) is 32.1 Å². The van der Waals surface area contributed by atoms with Crippen LogP contribution in [0.15, 0.2) is 35.0 Å². The van der Waals surface area contributed by atoms with Crippen LogP contribution in [0.5, 0.6) is 11.5 Å². The van der Waals surface area contributed by atoms with Crippen LogP contribution in [0.1, 0.15) is 25.3 Å². The quantitative estimate of drug-likeness (QED) is 0.382. The summed E-state index contributed by atoms with van der Waals surface area (Å²) < 4.78 is 55.6. The molecule has 1 aromatic rings. The maximum absolute atomic E-state index is 13.3. The van der Waals surface area contributed by atoms with Crippen molar-refractivity contribution in [3.8, 4) is 11.5 Å². The molecule has 1 heterocycles. The molecule has 3 N–H and O–H groups in total. The summed E-state index contributed by atoms with van der Waals surface area (Å²) in [7, 11) is 2.89. The van der Waals surface area contributed by atoms with Gasteiger partial charge >= 0.3 is 6.18 Å². The number of benzene rings is 1. The van der Waals surface area contributed by atoms with Crippen molar-refractivity contribution >= 4 is 11.6 Å². The minimum absolute atomic E-state index is 0.0679. The van der Waals surface area contributed by atoms with Crippen LogP contribution in [0.2, 0.25) is 0 Å². The maximum Gasteiger partial charge on any atom is 0.429 e. The van der Waals surface area contributed by atoms with Crippen molar-refractivity contribution in [1.29, 1.82) is 0 Å². The van der Waals surface area contributed by atoms with Crippen LogP contribution in [0.3, 0.4) is 0 Å². The highest BCUT2D eigenvalue weighted by Crippen LogP contribution is 2.31. The summed E-state index contributed by atoms with van der Waals surface area (Å²) in [5.74, 6) is 0.447. The molecule has 184 valence electrons. The van der Waals surface area contributed by atoms with Crippen molar-refractivity contribution in [1.82, 2.24) is 16.0 Å². The summed E-state index contributed by atoms with van der Waals surface area (Å²) in [5.41, 5.74) is 0.788. The summed E-state index contributed by atoms with van der Waals surface area (Å²) >= 11 is 0. The van der Waals surface area contributed by atoms with Crippen molar-refractivity contribution in [2.24, 2.45) is 4.99 Å². The van der Waals surface area contributed by atoms with E-state index in [2.05, 4.69) is 20.9 Å². The Morgan fingerprint density at radius 3 is 2.55 bits per heavy atom. The summed E-state index contributed by atoms with van der Waals surface area (Å²) in [4.78, 5) is 16.3. The molecule has 0 spiro atoms. The summed E-state index contributed by atoms with van der Waals surface area (Å²) in [6, 6.07) is 4.69. The Kier molecular flexibility index (Phi) is 10.5. The van der Waals surface area contributed by atoms with Crippen LogP contribution in [0.4, 0.5) is 13.2 Å². The van der Waals surface area contributed by atoms with E-state index in [1.165, 1.54) is 26.5 Å². The summed E-state index contributed by atoms with van der Waals surface area (Å²) in [5, 5.41) is 8.13. The van der Waals surface area contributed by atoms with Crippen LogP contribution < -0.4 is 25.4 Å². The second-order valence-corrected chi connectivity index (χ2v) is 7.22. The predicted octanol–water partition coefficient (Wildman–Crippen LogP) is 2.39. The van der Waals surface area contributed by atoms with Gasteiger partial charge in [0.05, 0.1) is 33.0 Å². The van der Waals surface area contributed by atoms with Crippen LogP contribution >= 0.6 is 0 Å². The third-order valence-electron chi connectivity index (χ3n) is 4.69. The van der Waals surface area contributed by atoms with Gasteiger partial charge in [0.15, 0.2) is 11.5 Å². The molecule has 1 aliphatic heterocycles. The van der Waals surface area contributed by atoms with E-state index in [0.29, 0.717) is 55.5 Å². The highest BCUT2D eigenvalue weighted by molar-refractivity contribution is 6.15. The van der Waals surface area contributed by atoms with E-state index < -0.39 is 12.3 Å². The molecule has 0 fully saturated rings. The number of hydrogen-bond acceptors (Lipinski definition) is 7. The fourth-order valence-electron chi connectivity index (χ4n) is 3.08. The SMILES string of the molecule is CCCOCCNCCNC(=O)CC1=CNC(C(F)(F)F)N=C1c1ccc(OC)c(OC)c1. The minimum Gasteiger partial charge on any atom is -0.493 e. The van der Waals surface area contributed by atoms with E-state index in [1.807, 2.05) is 6.92 Å². The molecule has 1 unspecified atom stereocenters. The van der Waals surface area contributed by atoms with Crippen molar-refractivity contribution in [2.75, 3.05) is 47.1 Å². The van der Waals surface area contributed by atoms with Gasteiger partial charge in [-0.15, -0.1) is 0 Å². The number of rotatable bonds is 13. The molecule has 1 aliphatic rings. The topological polar surface area (TPSA) is 93.2 Å². The molecule has 11 heteroatoms. The molecule has 8 nitrogen and oxygen atoms in total. The lowest BCUT2D eigenvalue weighted by Gasteiger charge is -2.25. The van der Waals surface area contributed by atoms with Gasteiger partial charge in [-0.1, -0.05) is 6.92 Å². The highest BCUT2D eigenvalue weighted by atomic mass is 19.4. The molecule has 1 aromatic carbocycles. The van der Waals surface area contributed by atoms with Crippen molar-refractivity contribution in [3.05, 3.63) is 35.5 Å². The molecular formula is C22H31F3N4O4. The summed E-state index contributed by atoms with van der Waals surface area (Å²) in [6.07, 6.45) is -4.67. The Hall–Kier alpha value is -2.79. The molecule has 0 aromatic heterocycles. The molecule has 0 saturated heterocycles. The number of ether oxygens (including phenoxy) is 3. The largest absolute Gasteiger partial charge is 0.493 e. The number of carbonyl (C=O) groups is 1. The second kappa shape index (κ2) is 13.0. The fraction of sp³-hybridized carbons (Fsp3) is 0.545. The van der Waals surface area contributed by atoms with Crippen LogP contribution in [0.25, 0.3) is 0 Å². The molecule has 0 saturated carbocycles. The van der Waals surface area contributed by atoms with E-state index in [4.69, 9.17) is 14.2 Å². The molecule has 2 rings (SSSR count). The van der Waals surface area contributed by atoms with Crippen molar-refractivity contribution in [3.63, 3.8) is 0 Å². The average molecular weight is 473 g/mol. The maximum atomic E-state index is 13.3. The lowest BCUT2D eigenvalue weighted by atomic mass is 9.98. The number of carbonyl (C=O) groups excluding carboxylic acids is 1. The van der Waals surface area contributed by atoms with Gasteiger partial charge < -0.3 is 30.2 Å². The van der Waals surface area contributed by atoms with E-state index in [-0.39, 0.29) is 18.0 Å². The van der Waals surface area contributed by atoms with Crippen molar-refractivity contribution < 1.29 is 32.2 Å². The van der Waals surface area contributed by atoms with E-state index in [1.54, 1.807) is 12.1 Å². The number of amides is 1. The first kappa shape index (κ1) is 26.5. The highest BCUT2D eigenvalue weighted by Gasteiger charge is 2.41. The van der Waals surface area contributed by atoms with Gasteiger partial charge in [-0.3, -0.25) is 4.79 Å². The standard InChI is InChI=1S/C22H31F3N4O4/c1-4-10-33-11-9-26-7-8-27-19(30)13-16-14-28-21(22(23,24)25)29-20(16)15-5-6-17(31-2)18(12-15)32-3/h5-6,12,14,21,26,28H,4,7-11,13H2,1-3H3,(H,27,30). The van der Waals surface area contributed by atoms with Gasteiger partial charge in [0.1, 0.15) is 0 Å². The molecular weight excluding hydrogens is 441 g/mol. The Morgan fingerprint density at radius 1 is 1.12 bits per heavy atom. The average Bonchev–Trinajstić information content (AvgIpc) is 2.79. The number of aliphatic imine (C=N–C) groups is 1. The van der Waals surface area contributed by atoms with E-state index >= 15 is 0 Å². The van der Waals surface area contributed by atoms with E-state index in [0.717, 1.165) is 6.42 Å². The Balaban J connectivity index is 2.03. The number of methoxy groups -OCH3 is 2. The van der Waals surface area contributed by atoms with Crippen LogP contribution in [-0.4, -0.2) is 71.0 Å². The van der Waals surface area contributed by atoms with Crippen LogP contribution in [0, 0.1) is 0 Å².